The van der Waals surface area contributed by atoms with E-state index in [0.717, 1.165) is 22.0 Å². The van der Waals surface area contributed by atoms with Crippen LogP contribution in [-0.2, 0) is 0 Å². The predicted molar refractivity (Wildman–Crippen MR) is 84.0 cm³/mol. The Hall–Kier alpha value is -3.26. The van der Waals surface area contributed by atoms with Crippen LogP contribution in [0, 0.1) is 17.1 Å². The van der Waals surface area contributed by atoms with Crippen LogP contribution in [0.1, 0.15) is 17.0 Å². The highest BCUT2D eigenvalue weighted by atomic mass is 19.1. The third kappa shape index (κ3) is 1.96. The highest BCUT2D eigenvalue weighted by Gasteiger charge is 2.31. The van der Waals surface area contributed by atoms with Gasteiger partial charge in [0.15, 0.2) is 0 Å². The standard InChI is InChI=1S/C18H12FN3O/c19-10-5-6-15-12(7-10)14(9-22-15)17-11-3-1-2-4-16(11)23-18(21)13(17)8-20/h1-7,9,17,22H,21H2. The number of nitrogens with one attached hydrogen (secondary N) is 1. The molecule has 0 fully saturated rings. The van der Waals surface area contributed by atoms with Gasteiger partial charge in [0.05, 0.1) is 5.92 Å². The number of H-pyrrole nitrogens is 1. The van der Waals surface area contributed by atoms with Gasteiger partial charge < -0.3 is 15.5 Å². The van der Waals surface area contributed by atoms with E-state index in [2.05, 4.69) is 11.1 Å². The van der Waals surface area contributed by atoms with Gasteiger partial charge in [-0.2, -0.15) is 5.26 Å². The van der Waals surface area contributed by atoms with Crippen molar-refractivity contribution in [3.63, 3.8) is 0 Å². The zero-order valence-corrected chi connectivity index (χ0v) is 12.0. The largest absolute Gasteiger partial charge is 0.440 e. The molecule has 0 radical (unpaired) electrons. The van der Waals surface area contributed by atoms with Crippen molar-refractivity contribution in [3.8, 4) is 11.8 Å². The second-order valence-electron chi connectivity index (χ2n) is 5.40. The molecular weight excluding hydrogens is 293 g/mol. The summed E-state index contributed by atoms with van der Waals surface area (Å²) in [5.74, 6) is -0.0173. The number of nitrogens with two attached hydrogens (primary N) is 1. The minimum Gasteiger partial charge on any atom is -0.440 e. The van der Waals surface area contributed by atoms with Crippen molar-refractivity contribution >= 4 is 10.9 Å². The van der Waals surface area contributed by atoms with Crippen LogP contribution in [0.2, 0.25) is 0 Å². The number of aromatic amines is 1. The van der Waals surface area contributed by atoms with E-state index in [-0.39, 0.29) is 17.6 Å². The smallest absolute Gasteiger partial charge is 0.205 e. The Morgan fingerprint density at radius 3 is 2.83 bits per heavy atom. The lowest BCUT2D eigenvalue weighted by Crippen LogP contribution is -2.20. The summed E-state index contributed by atoms with van der Waals surface area (Å²) in [5, 5.41) is 10.3. The number of para-hydroxylation sites is 1. The molecule has 0 aliphatic carbocycles. The predicted octanol–water partition coefficient (Wildman–Crippen LogP) is 3.53. The van der Waals surface area contributed by atoms with E-state index in [0.29, 0.717) is 11.3 Å². The molecule has 5 heteroatoms. The number of hydrogen-bond donors (Lipinski definition) is 2. The third-order valence-electron chi connectivity index (χ3n) is 4.11. The number of benzene rings is 2. The van der Waals surface area contributed by atoms with E-state index in [1.807, 2.05) is 18.2 Å². The van der Waals surface area contributed by atoms with Crippen molar-refractivity contribution in [2.75, 3.05) is 0 Å². The Morgan fingerprint density at radius 1 is 1.17 bits per heavy atom. The van der Waals surface area contributed by atoms with Gasteiger partial charge in [-0.25, -0.2) is 4.39 Å². The maximum absolute atomic E-state index is 13.7. The van der Waals surface area contributed by atoms with Gasteiger partial charge >= 0.3 is 0 Å². The van der Waals surface area contributed by atoms with Gasteiger partial charge in [0.1, 0.15) is 23.2 Å². The number of allylic oxidation sites excluding steroid dienone is 1. The number of rotatable bonds is 1. The van der Waals surface area contributed by atoms with E-state index < -0.39 is 0 Å². The number of aromatic nitrogens is 1. The number of nitriles is 1. The molecule has 0 bridgehead atoms. The summed E-state index contributed by atoms with van der Waals surface area (Å²) >= 11 is 0. The Labute approximate surface area is 131 Å². The molecule has 0 spiro atoms. The summed E-state index contributed by atoms with van der Waals surface area (Å²) in [6.45, 7) is 0. The summed E-state index contributed by atoms with van der Waals surface area (Å²) in [6.07, 6.45) is 1.79. The molecule has 0 amide bonds. The zero-order valence-electron chi connectivity index (χ0n) is 12.0. The first-order valence-electron chi connectivity index (χ1n) is 7.12. The lowest BCUT2D eigenvalue weighted by Gasteiger charge is -2.25. The summed E-state index contributed by atoms with van der Waals surface area (Å²) in [6, 6.07) is 14.1. The monoisotopic (exact) mass is 305 g/mol. The lowest BCUT2D eigenvalue weighted by molar-refractivity contribution is 0.394. The van der Waals surface area contributed by atoms with Crippen molar-refractivity contribution in [3.05, 3.63) is 77.1 Å². The average Bonchev–Trinajstić information content (AvgIpc) is 2.96. The normalized spacial score (nSPS) is 16.8. The minimum atomic E-state index is -0.388. The molecular formula is C18H12FN3O. The maximum atomic E-state index is 13.7. The molecule has 4 rings (SSSR count). The van der Waals surface area contributed by atoms with Gasteiger partial charge in [0, 0.05) is 22.7 Å². The van der Waals surface area contributed by atoms with E-state index in [9.17, 15) is 9.65 Å². The van der Waals surface area contributed by atoms with Crippen molar-refractivity contribution < 1.29 is 9.13 Å². The van der Waals surface area contributed by atoms with Crippen LogP contribution in [0.4, 0.5) is 4.39 Å². The third-order valence-corrected chi connectivity index (χ3v) is 4.11. The first-order chi connectivity index (χ1) is 11.2. The first-order valence-corrected chi connectivity index (χ1v) is 7.12. The van der Waals surface area contributed by atoms with Crippen LogP contribution >= 0.6 is 0 Å². The molecule has 4 nitrogen and oxygen atoms in total. The van der Waals surface area contributed by atoms with Crippen molar-refractivity contribution in [1.82, 2.24) is 4.98 Å². The van der Waals surface area contributed by atoms with Gasteiger partial charge in [0.25, 0.3) is 0 Å². The van der Waals surface area contributed by atoms with Crippen LogP contribution < -0.4 is 10.5 Å². The topological polar surface area (TPSA) is 74.8 Å². The van der Waals surface area contributed by atoms with Gasteiger partial charge in [0.2, 0.25) is 5.88 Å². The Morgan fingerprint density at radius 2 is 2.00 bits per heavy atom. The highest BCUT2D eigenvalue weighted by Crippen LogP contribution is 2.43. The summed E-state index contributed by atoms with van der Waals surface area (Å²) in [5.41, 5.74) is 8.70. The molecule has 0 saturated carbocycles. The average molecular weight is 305 g/mol. The molecule has 3 aromatic rings. The zero-order chi connectivity index (χ0) is 16.0. The maximum Gasteiger partial charge on any atom is 0.205 e. The van der Waals surface area contributed by atoms with Crippen molar-refractivity contribution in [2.45, 2.75) is 5.92 Å². The molecule has 1 aromatic heterocycles. The number of nitrogens with zero attached hydrogens (tertiary/aromatic N) is 1. The highest BCUT2D eigenvalue weighted by molar-refractivity contribution is 5.85. The molecule has 3 N–H and O–H groups in total. The van der Waals surface area contributed by atoms with E-state index in [4.69, 9.17) is 10.5 Å². The number of fused-ring (bicyclic) bond motifs is 2. The summed E-state index contributed by atoms with van der Waals surface area (Å²) in [4.78, 5) is 3.12. The SMILES string of the molecule is N#CC1=C(N)Oc2ccccc2C1c1c[nH]c2ccc(F)cc12. The van der Waals surface area contributed by atoms with Gasteiger partial charge in [-0.1, -0.05) is 18.2 Å². The van der Waals surface area contributed by atoms with Gasteiger partial charge in [-0.3, -0.25) is 0 Å². The minimum absolute atomic E-state index is 0.0851. The van der Waals surface area contributed by atoms with E-state index in [1.165, 1.54) is 12.1 Å². The van der Waals surface area contributed by atoms with Crippen molar-refractivity contribution in [2.24, 2.45) is 5.73 Å². The van der Waals surface area contributed by atoms with E-state index in [1.54, 1.807) is 18.3 Å². The molecule has 2 heterocycles. The molecule has 0 saturated heterocycles. The van der Waals surface area contributed by atoms with Crippen LogP contribution in [0.5, 0.6) is 5.75 Å². The number of halogens is 1. The number of ether oxygens (including phenoxy) is 1. The fourth-order valence-corrected chi connectivity index (χ4v) is 3.08. The molecule has 1 aliphatic rings. The second kappa shape index (κ2) is 4.89. The number of hydrogen-bond acceptors (Lipinski definition) is 3. The van der Waals surface area contributed by atoms with E-state index >= 15 is 0 Å². The van der Waals surface area contributed by atoms with Gasteiger partial charge in [-0.15, -0.1) is 0 Å². The van der Waals surface area contributed by atoms with Gasteiger partial charge in [-0.05, 0) is 29.8 Å². The van der Waals surface area contributed by atoms with Crippen LogP contribution in [0.15, 0.2) is 60.1 Å². The Balaban J connectivity index is 2.02. The summed E-state index contributed by atoms with van der Waals surface area (Å²) in [7, 11) is 0. The lowest BCUT2D eigenvalue weighted by atomic mass is 9.83. The fraction of sp³-hybridized carbons (Fsp3) is 0.0556. The van der Waals surface area contributed by atoms with Crippen LogP contribution in [-0.4, -0.2) is 4.98 Å². The first kappa shape index (κ1) is 13.4. The molecule has 1 atom stereocenters. The summed E-state index contributed by atoms with van der Waals surface area (Å²) < 4.78 is 19.2. The molecule has 23 heavy (non-hydrogen) atoms. The van der Waals surface area contributed by atoms with Crippen molar-refractivity contribution in [1.29, 1.82) is 5.26 Å². The second-order valence-corrected chi connectivity index (χ2v) is 5.40. The fourth-order valence-electron chi connectivity index (χ4n) is 3.08. The molecule has 2 aromatic carbocycles. The Kier molecular flexibility index (Phi) is 2.85. The molecule has 112 valence electrons. The van der Waals surface area contributed by atoms with Crippen LogP contribution in [0.3, 0.4) is 0 Å². The Bertz CT molecular complexity index is 997. The molecule has 1 unspecified atom stereocenters. The molecule has 1 aliphatic heterocycles. The quantitative estimate of drug-likeness (QED) is 0.722. The van der Waals surface area contributed by atoms with Crippen LogP contribution in [0.25, 0.3) is 10.9 Å².